The van der Waals surface area contributed by atoms with Crippen molar-refractivity contribution in [1.82, 2.24) is 24.5 Å². The van der Waals surface area contributed by atoms with E-state index in [1.54, 1.807) is 28.9 Å². The molecule has 1 saturated heterocycles. The van der Waals surface area contributed by atoms with Gasteiger partial charge < -0.3 is 25.8 Å². The molecule has 0 atom stereocenters. The minimum atomic E-state index is -5.58. The van der Waals surface area contributed by atoms with Crippen LogP contribution in [0, 0.1) is 0 Å². The molecule has 0 spiro atoms. The monoisotopic (exact) mass is 720 g/mol. The van der Waals surface area contributed by atoms with Gasteiger partial charge in [0.05, 0.1) is 35.8 Å². The average Bonchev–Trinajstić information content (AvgIpc) is 3.41. The number of ether oxygens (including phenoxy) is 2. The number of nitrogen functional groups attached to an aromatic ring is 1. The third kappa shape index (κ3) is 8.18. The number of morpholine rings is 1. The van der Waals surface area contributed by atoms with Crippen LogP contribution in [0.5, 0.6) is 5.75 Å². The molecule has 4 heterocycles. The number of carbonyl (C=O) groups excluding carboxylic acids is 2. The van der Waals surface area contributed by atoms with Crippen LogP contribution in [-0.4, -0.2) is 88.0 Å². The zero-order valence-electron chi connectivity index (χ0n) is 24.4. The number of alkyl halides is 6. The number of hydrogen-bond acceptors (Lipinski definition) is 11. The van der Waals surface area contributed by atoms with Gasteiger partial charge in [-0.3, -0.25) is 9.69 Å². The zero-order valence-corrected chi connectivity index (χ0v) is 25.9. The summed E-state index contributed by atoms with van der Waals surface area (Å²) in [5.74, 6) is -8.00. The van der Waals surface area contributed by atoms with Gasteiger partial charge in [-0.25, -0.2) is 19.3 Å². The number of nitrogens with one attached hydrogen (secondary N) is 2. The number of Topliss-reactive ketones (excluding diaryl/α,β-unsaturated/α-hetero) is 1. The number of aromatic nitrogens is 4. The molecule has 12 nitrogen and oxygen atoms in total. The van der Waals surface area contributed by atoms with Crippen LogP contribution < -0.4 is 21.1 Å². The van der Waals surface area contributed by atoms with Gasteiger partial charge >= 0.3 is 18.3 Å². The van der Waals surface area contributed by atoms with Crippen molar-refractivity contribution in [3.63, 3.8) is 0 Å². The molecule has 4 N–H and O–H groups in total. The Labute approximate surface area is 277 Å². The van der Waals surface area contributed by atoms with Crippen LogP contribution in [0.2, 0.25) is 10.0 Å². The van der Waals surface area contributed by atoms with Gasteiger partial charge in [-0.05, 0) is 24.3 Å². The molecule has 0 saturated carbocycles. The van der Waals surface area contributed by atoms with Crippen molar-refractivity contribution in [1.29, 1.82) is 0 Å². The van der Waals surface area contributed by atoms with Gasteiger partial charge in [0.1, 0.15) is 28.5 Å². The lowest BCUT2D eigenvalue weighted by molar-refractivity contribution is -0.189. The number of benzene rings is 1. The van der Waals surface area contributed by atoms with Crippen molar-refractivity contribution >= 4 is 57.9 Å². The number of nitrogens with two attached hydrogens (primary N) is 1. The second kappa shape index (κ2) is 14.0. The van der Waals surface area contributed by atoms with E-state index in [0.29, 0.717) is 58.5 Å². The Morgan fingerprint density at radius 3 is 2.35 bits per heavy atom. The topological polar surface area (TPSA) is 149 Å². The number of ketones is 1. The molecule has 1 aliphatic rings. The quantitative estimate of drug-likeness (QED) is 0.0854. The lowest BCUT2D eigenvalue weighted by Gasteiger charge is -2.25. The summed E-state index contributed by atoms with van der Waals surface area (Å²) in [6.07, 6.45) is -9.43. The molecule has 0 amide bonds. The normalized spacial score (nSPS) is 14.2. The first-order valence-corrected chi connectivity index (χ1v) is 14.7. The first kappa shape index (κ1) is 34.9. The molecule has 20 heteroatoms. The lowest BCUT2D eigenvalue weighted by Crippen LogP contribution is -2.35. The first-order chi connectivity index (χ1) is 22.6. The number of fused-ring (bicyclic) bond motifs is 1. The summed E-state index contributed by atoms with van der Waals surface area (Å²) >= 11 is 12.5. The van der Waals surface area contributed by atoms with E-state index in [0.717, 1.165) is 18.8 Å². The summed E-state index contributed by atoms with van der Waals surface area (Å²) in [6, 6.07) is 7.26. The van der Waals surface area contributed by atoms with Crippen LogP contribution in [0.4, 0.5) is 43.8 Å². The second-order valence-electron chi connectivity index (χ2n) is 10.3. The highest BCUT2D eigenvalue weighted by Crippen LogP contribution is 2.35. The molecule has 5 rings (SSSR count). The van der Waals surface area contributed by atoms with E-state index in [9.17, 15) is 35.9 Å². The maximum atomic E-state index is 13.1. The molecular formula is C28H24Cl2F6N8O4. The maximum absolute atomic E-state index is 13.1. The molecule has 4 aromatic rings. The number of carbonyl (C=O) groups is 2. The van der Waals surface area contributed by atoms with Gasteiger partial charge in [-0.15, -0.1) is 0 Å². The molecule has 1 aromatic carbocycles. The number of anilines is 3. The Bertz CT molecular complexity index is 1850. The second-order valence-corrected chi connectivity index (χ2v) is 11.1. The Morgan fingerprint density at radius 1 is 0.979 bits per heavy atom. The lowest BCUT2D eigenvalue weighted by atomic mass is 10.1. The maximum Gasteiger partial charge on any atom is 0.491 e. The highest BCUT2D eigenvalue weighted by Gasteiger charge is 2.45. The largest absolute Gasteiger partial charge is 0.491 e. The van der Waals surface area contributed by atoms with Gasteiger partial charge in [-0.1, -0.05) is 23.2 Å². The number of esters is 1. The van der Waals surface area contributed by atoms with E-state index < -0.39 is 41.2 Å². The van der Waals surface area contributed by atoms with E-state index >= 15 is 0 Å². The minimum Gasteiger partial charge on any atom is -0.419 e. The number of nitrogens with zero attached hydrogens (tertiary/aromatic N) is 5. The van der Waals surface area contributed by atoms with Crippen molar-refractivity contribution in [2.24, 2.45) is 0 Å². The number of halogens is 8. The smallest absolute Gasteiger partial charge is 0.419 e. The Hall–Kier alpha value is -4.39. The third-order valence-corrected chi connectivity index (χ3v) is 7.40. The Balaban J connectivity index is 1.39. The third-order valence-electron chi connectivity index (χ3n) is 6.86. The summed E-state index contributed by atoms with van der Waals surface area (Å²) in [4.78, 5) is 33.8. The summed E-state index contributed by atoms with van der Waals surface area (Å²) in [7, 11) is 0. The molecule has 1 aliphatic heterocycles. The SMILES string of the molecule is Nc1nc(NCCNc2nc(-c3ccc(Cl)cc3Cl)cn3nc(CN4CCOCC4)cc23)cc(OC(=O)C(F)(F)F)c1C(=O)C(F)(F)F. The average molecular weight is 721 g/mol. The van der Waals surface area contributed by atoms with Crippen molar-refractivity contribution in [2.75, 3.05) is 55.8 Å². The summed E-state index contributed by atoms with van der Waals surface area (Å²) in [6.45, 7) is 3.21. The van der Waals surface area contributed by atoms with Crippen molar-refractivity contribution in [3.05, 3.63) is 57.8 Å². The standard InChI is InChI=1S/C28H24Cl2F6N8O4/c29-14-1-2-16(17(30)9-14)18-13-44-19(10-15(42-44)12-43-5-7-47-8-6-43)25(40-18)39-4-3-38-21-11-20(48-26(46)28(34,35)36)22(24(37)41-21)23(45)27(31,32)33/h1-2,9-11,13H,3-8,12H2,(H,39,40)(H3,37,38,41). The molecule has 256 valence electrons. The fraction of sp³-hybridized carbons (Fsp3) is 0.321. The molecule has 0 unspecified atom stereocenters. The molecule has 48 heavy (non-hydrogen) atoms. The van der Waals surface area contributed by atoms with Crippen molar-refractivity contribution in [2.45, 2.75) is 18.9 Å². The summed E-state index contributed by atoms with van der Waals surface area (Å²) in [5.41, 5.74) is 6.31. The van der Waals surface area contributed by atoms with Crippen molar-refractivity contribution < 1.29 is 45.4 Å². The van der Waals surface area contributed by atoms with Gasteiger partial charge in [-0.2, -0.15) is 31.4 Å². The van der Waals surface area contributed by atoms with Gasteiger partial charge in [0, 0.05) is 49.4 Å². The first-order valence-electron chi connectivity index (χ1n) is 13.9. The van der Waals surface area contributed by atoms with Crippen molar-refractivity contribution in [3.8, 4) is 17.0 Å². The molecule has 0 aliphatic carbocycles. The number of pyridine rings is 1. The van der Waals surface area contributed by atoms with E-state index in [1.807, 2.05) is 6.07 Å². The molecule has 3 aromatic heterocycles. The fourth-order valence-corrected chi connectivity index (χ4v) is 5.18. The summed E-state index contributed by atoms with van der Waals surface area (Å²) < 4.78 is 89.0. The van der Waals surface area contributed by atoms with Gasteiger partial charge in [0.2, 0.25) is 0 Å². The summed E-state index contributed by atoms with van der Waals surface area (Å²) in [5, 5.41) is 11.2. The zero-order chi connectivity index (χ0) is 34.8. The van der Waals surface area contributed by atoms with Crippen LogP contribution in [0.3, 0.4) is 0 Å². The predicted octanol–water partition coefficient (Wildman–Crippen LogP) is 5.25. The molecule has 1 fully saturated rings. The van der Waals surface area contributed by atoms with Crippen LogP contribution >= 0.6 is 23.2 Å². The molecule has 0 bridgehead atoms. The van der Waals surface area contributed by atoms with Crippen LogP contribution in [-0.2, 0) is 16.1 Å². The predicted molar refractivity (Wildman–Crippen MR) is 162 cm³/mol. The van der Waals surface area contributed by atoms with Gasteiger partial charge in [0.25, 0.3) is 5.78 Å². The Morgan fingerprint density at radius 2 is 1.69 bits per heavy atom. The van der Waals surface area contributed by atoms with Crippen LogP contribution in [0.15, 0.2) is 36.5 Å². The van der Waals surface area contributed by atoms with Gasteiger partial charge in [0.15, 0.2) is 5.82 Å². The fourth-order valence-electron chi connectivity index (χ4n) is 4.68. The van der Waals surface area contributed by atoms with E-state index in [4.69, 9.17) is 43.8 Å². The Kier molecular flexibility index (Phi) is 10.2. The van der Waals surface area contributed by atoms with Crippen LogP contribution in [0.1, 0.15) is 16.1 Å². The number of rotatable bonds is 10. The highest BCUT2D eigenvalue weighted by molar-refractivity contribution is 6.36. The van der Waals surface area contributed by atoms with E-state index in [2.05, 4.69) is 25.3 Å². The highest BCUT2D eigenvalue weighted by atomic mass is 35.5. The van der Waals surface area contributed by atoms with Crippen LogP contribution in [0.25, 0.3) is 16.8 Å². The number of hydrogen-bond donors (Lipinski definition) is 3. The minimum absolute atomic E-state index is 0.0554. The van der Waals surface area contributed by atoms with E-state index in [1.165, 1.54) is 0 Å². The molecule has 0 radical (unpaired) electrons. The van der Waals surface area contributed by atoms with E-state index in [-0.39, 0.29) is 18.9 Å². The molecular weight excluding hydrogens is 697 g/mol.